The van der Waals surface area contributed by atoms with Crippen LogP contribution in [-0.2, 0) is 12.7 Å². The molecule has 0 bridgehead atoms. The van der Waals surface area contributed by atoms with Gasteiger partial charge in [0.15, 0.2) is 0 Å². The van der Waals surface area contributed by atoms with Crippen LogP contribution in [0.1, 0.15) is 30.9 Å². The summed E-state index contributed by atoms with van der Waals surface area (Å²) in [4.78, 5) is 2.08. The van der Waals surface area contributed by atoms with Gasteiger partial charge in [-0.25, -0.2) is 4.39 Å². The Morgan fingerprint density at radius 2 is 2.05 bits per heavy atom. The molecule has 0 spiro atoms. The van der Waals surface area contributed by atoms with Crippen molar-refractivity contribution >= 4 is 0 Å². The summed E-state index contributed by atoms with van der Waals surface area (Å²) < 4.78 is 51.2. The number of nitrogens with zero attached hydrogens (tertiary/aromatic N) is 1. The van der Waals surface area contributed by atoms with Gasteiger partial charge in [-0.1, -0.05) is 6.07 Å². The maximum absolute atomic E-state index is 13.2. The number of hydrogen-bond acceptors (Lipinski definition) is 2. The van der Waals surface area contributed by atoms with E-state index in [0.717, 1.165) is 31.5 Å². The second kappa shape index (κ2) is 5.69. The van der Waals surface area contributed by atoms with Gasteiger partial charge in [-0.3, -0.25) is 4.90 Å². The first kappa shape index (κ1) is 15.3. The van der Waals surface area contributed by atoms with E-state index in [1.165, 1.54) is 6.07 Å². The number of hydrogen-bond donors (Lipinski definition) is 1. The summed E-state index contributed by atoms with van der Waals surface area (Å²) >= 11 is 0. The summed E-state index contributed by atoms with van der Waals surface area (Å²) in [6.45, 7) is 3.14. The number of rotatable bonds is 2. The van der Waals surface area contributed by atoms with E-state index in [0.29, 0.717) is 12.1 Å². The molecule has 2 rings (SSSR count). The van der Waals surface area contributed by atoms with Crippen LogP contribution < -0.4 is 5.73 Å². The molecule has 2 atom stereocenters. The first-order chi connectivity index (χ1) is 9.27. The highest BCUT2D eigenvalue weighted by Crippen LogP contribution is 2.32. The molecule has 1 saturated heterocycles. The third-order valence-electron chi connectivity index (χ3n) is 3.78. The Balaban J connectivity index is 2.14. The first-order valence-corrected chi connectivity index (χ1v) is 6.62. The number of alkyl halides is 3. The number of piperidine rings is 1. The highest BCUT2D eigenvalue weighted by molar-refractivity contribution is 5.27. The Morgan fingerprint density at radius 1 is 1.35 bits per heavy atom. The molecule has 2 nitrogen and oxygen atoms in total. The summed E-state index contributed by atoms with van der Waals surface area (Å²) in [5, 5.41) is 0. The van der Waals surface area contributed by atoms with Crippen molar-refractivity contribution in [3.8, 4) is 0 Å². The molecule has 1 aliphatic rings. The van der Waals surface area contributed by atoms with E-state index in [1.54, 1.807) is 0 Å². The first-order valence-electron chi connectivity index (χ1n) is 6.62. The van der Waals surface area contributed by atoms with Gasteiger partial charge in [0.1, 0.15) is 5.82 Å². The molecule has 112 valence electrons. The summed E-state index contributed by atoms with van der Waals surface area (Å²) in [6.07, 6.45) is -3.00. The second-order valence-corrected chi connectivity index (χ2v) is 5.42. The van der Waals surface area contributed by atoms with Crippen LogP contribution in [-0.4, -0.2) is 23.5 Å². The summed E-state index contributed by atoms with van der Waals surface area (Å²) in [5.41, 5.74) is 5.13. The maximum atomic E-state index is 13.2. The average molecular weight is 290 g/mol. The van der Waals surface area contributed by atoms with Crippen molar-refractivity contribution in [2.24, 2.45) is 5.73 Å². The Labute approximate surface area is 115 Å². The van der Waals surface area contributed by atoms with Gasteiger partial charge in [0.2, 0.25) is 0 Å². The lowest BCUT2D eigenvalue weighted by Gasteiger charge is -2.36. The van der Waals surface area contributed by atoms with Crippen LogP contribution in [0.25, 0.3) is 0 Å². The van der Waals surface area contributed by atoms with E-state index >= 15 is 0 Å². The smallest absolute Gasteiger partial charge is 0.328 e. The SMILES string of the molecule is CC1CC(N)CCN1Cc1ccc(F)c(C(F)(F)F)c1. The lowest BCUT2D eigenvalue weighted by Crippen LogP contribution is -2.44. The van der Waals surface area contributed by atoms with Crippen molar-refractivity contribution in [1.82, 2.24) is 4.90 Å². The minimum Gasteiger partial charge on any atom is -0.328 e. The van der Waals surface area contributed by atoms with Gasteiger partial charge in [-0.15, -0.1) is 0 Å². The van der Waals surface area contributed by atoms with Crippen molar-refractivity contribution in [2.75, 3.05) is 6.54 Å². The van der Waals surface area contributed by atoms with Crippen LogP contribution >= 0.6 is 0 Å². The Hall–Kier alpha value is -1.14. The predicted octanol–water partition coefficient (Wildman–Crippen LogP) is 3.16. The van der Waals surface area contributed by atoms with Crippen molar-refractivity contribution in [2.45, 2.75) is 44.6 Å². The van der Waals surface area contributed by atoms with Crippen LogP contribution in [0, 0.1) is 5.82 Å². The van der Waals surface area contributed by atoms with Crippen molar-refractivity contribution in [3.05, 3.63) is 35.1 Å². The second-order valence-electron chi connectivity index (χ2n) is 5.42. The molecule has 20 heavy (non-hydrogen) atoms. The fourth-order valence-electron chi connectivity index (χ4n) is 2.61. The van der Waals surface area contributed by atoms with Gasteiger partial charge in [0.25, 0.3) is 0 Å². The molecule has 2 N–H and O–H groups in total. The average Bonchev–Trinajstić information content (AvgIpc) is 2.33. The quantitative estimate of drug-likeness (QED) is 0.848. The third kappa shape index (κ3) is 3.49. The van der Waals surface area contributed by atoms with E-state index in [9.17, 15) is 17.6 Å². The van der Waals surface area contributed by atoms with Crippen LogP contribution in [0.5, 0.6) is 0 Å². The van der Waals surface area contributed by atoms with E-state index in [2.05, 4.69) is 4.90 Å². The van der Waals surface area contributed by atoms with Gasteiger partial charge in [-0.05, 0) is 37.5 Å². The van der Waals surface area contributed by atoms with Crippen LogP contribution in [0.4, 0.5) is 17.6 Å². The molecule has 0 saturated carbocycles. The van der Waals surface area contributed by atoms with E-state index in [4.69, 9.17) is 5.73 Å². The van der Waals surface area contributed by atoms with Gasteiger partial charge in [0.05, 0.1) is 5.56 Å². The van der Waals surface area contributed by atoms with Crippen molar-refractivity contribution in [1.29, 1.82) is 0 Å². The van der Waals surface area contributed by atoms with Crippen LogP contribution in [0.2, 0.25) is 0 Å². The zero-order chi connectivity index (χ0) is 14.9. The molecular weight excluding hydrogens is 272 g/mol. The molecule has 0 aromatic heterocycles. The molecular formula is C14H18F4N2. The number of halogens is 4. The van der Waals surface area contributed by atoms with Crippen LogP contribution in [0.15, 0.2) is 18.2 Å². The largest absolute Gasteiger partial charge is 0.419 e. The Morgan fingerprint density at radius 3 is 2.65 bits per heavy atom. The van der Waals surface area contributed by atoms with Crippen LogP contribution in [0.3, 0.4) is 0 Å². The standard InChI is InChI=1S/C14H18F4N2/c1-9-6-11(19)4-5-20(9)8-10-2-3-13(15)12(7-10)14(16,17)18/h2-3,7,9,11H,4-6,8,19H2,1H3. The monoisotopic (exact) mass is 290 g/mol. The van der Waals surface area contributed by atoms with E-state index in [1.807, 2.05) is 6.92 Å². The van der Waals surface area contributed by atoms with Crippen molar-refractivity contribution < 1.29 is 17.6 Å². The zero-order valence-corrected chi connectivity index (χ0v) is 11.3. The third-order valence-corrected chi connectivity index (χ3v) is 3.78. The molecule has 1 aromatic carbocycles. The lowest BCUT2D eigenvalue weighted by molar-refractivity contribution is -0.140. The molecule has 1 heterocycles. The van der Waals surface area contributed by atoms with Gasteiger partial charge >= 0.3 is 6.18 Å². The normalized spacial score (nSPS) is 24.9. The molecule has 1 aromatic rings. The van der Waals surface area contributed by atoms with Gasteiger partial charge in [0, 0.05) is 25.2 Å². The highest BCUT2D eigenvalue weighted by atomic mass is 19.4. The Bertz CT molecular complexity index is 473. The zero-order valence-electron chi connectivity index (χ0n) is 11.3. The number of nitrogens with two attached hydrogens (primary N) is 1. The number of likely N-dealkylation sites (tertiary alicyclic amines) is 1. The van der Waals surface area contributed by atoms with Gasteiger partial charge < -0.3 is 5.73 Å². The summed E-state index contributed by atoms with van der Waals surface area (Å²) in [5.74, 6) is -1.23. The predicted molar refractivity (Wildman–Crippen MR) is 68.5 cm³/mol. The number of benzene rings is 1. The minimum atomic E-state index is -4.66. The molecule has 6 heteroatoms. The van der Waals surface area contributed by atoms with E-state index < -0.39 is 17.6 Å². The fourth-order valence-corrected chi connectivity index (χ4v) is 2.61. The minimum absolute atomic E-state index is 0.153. The summed E-state index contributed by atoms with van der Waals surface area (Å²) in [6, 6.07) is 3.57. The molecule has 1 fully saturated rings. The Kier molecular flexibility index (Phi) is 4.34. The van der Waals surface area contributed by atoms with E-state index in [-0.39, 0.29) is 12.1 Å². The van der Waals surface area contributed by atoms with Crippen molar-refractivity contribution in [3.63, 3.8) is 0 Å². The highest BCUT2D eigenvalue weighted by Gasteiger charge is 2.34. The fraction of sp³-hybridized carbons (Fsp3) is 0.571. The summed E-state index contributed by atoms with van der Waals surface area (Å²) in [7, 11) is 0. The molecule has 0 radical (unpaired) electrons. The molecule has 2 unspecified atom stereocenters. The maximum Gasteiger partial charge on any atom is 0.419 e. The molecule has 0 aliphatic carbocycles. The molecule has 0 amide bonds. The lowest BCUT2D eigenvalue weighted by atomic mass is 9.98. The van der Waals surface area contributed by atoms with Gasteiger partial charge in [-0.2, -0.15) is 13.2 Å². The molecule has 1 aliphatic heterocycles. The topological polar surface area (TPSA) is 29.3 Å².